The zero-order valence-corrected chi connectivity index (χ0v) is 18.4. The predicted octanol–water partition coefficient (Wildman–Crippen LogP) is 1.01. The lowest BCUT2D eigenvalue weighted by atomic mass is 9.95. The van der Waals surface area contributed by atoms with Gasteiger partial charge in [0.1, 0.15) is 11.9 Å². The third-order valence-electron chi connectivity index (χ3n) is 5.72. The molecule has 0 spiro atoms. The van der Waals surface area contributed by atoms with Crippen LogP contribution in [0.15, 0.2) is 48.5 Å². The van der Waals surface area contributed by atoms with Crippen LogP contribution in [0.4, 0.5) is 0 Å². The van der Waals surface area contributed by atoms with Crippen molar-refractivity contribution in [2.45, 2.75) is 38.4 Å². The van der Waals surface area contributed by atoms with E-state index >= 15 is 0 Å². The molecule has 0 bridgehead atoms. The molecule has 0 saturated carbocycles. The normalized spacial score (nSPS) is 18.3. The van der Waals surface area contributed by atoms with E-state index in [1.165, 1.54) is 0 Å². The maximum absolute atomic E-state index is 12.6. The molecule has 3 atom stereocenters. The molecule has 2 amide bonds. The first-order chi connectivity index (χ1) is 15.7. The fourth-order valence-corrected chi connectivity index (χ4v) is 3.85. The number of amides is 2. The number of benzene rings is 2. The molecule has 1 fully saturated rings. The molecule has 3 rings (SSSR count). The molecule has 2 aromatic carbocycles. The van der Waals surface area contributed by atoms with E-state index in [0.29, 0.717) is 31.5 Å². The molecule has 1 saturated heterocycles. The van der Waals surface area contributed by atoms with Gasteiger partial charge in [-0.05, 0) is 55.5 Å². The van der Waals surface area contributed by atoms with Gasteiger partial charge in [0.25, 0.3) is 0 Å². The quantitative estimate of drug-likeness (QED) is 0.247. The van der Waals surface area contributed by atoms with E-state index in [1.54, 1.807) is 49.4 Å². The van der Waals surface area contributed by atoms with Gasteiger partial charge >= 0.3 is 5.97 Å². The molecule has 1 heterocycles. The minimum atomic E-state index is -0.959. The lowest BCUT2D eigenvalue weighted by Crippen LogP contribution is -2.49. The molecule has 0 aromatic heterocycles. The minimum absolute atomic E-state index is 0.0153. The lowest BCUT2D eigenvalue weighted by molar-refractivity contribution is -0.129. The van der Waals surface area contributed by atoms with Crippen molar-refractivity contribution in [3.8, 4) is 0 Å². The minimum Gasteiger partial charge on any atom is -0.478 e. The number of nitrogens with two attached hydrogens (primary N) is 1. The number of hydrogen-bond acceptors (Lipinski definition) is 5. The number of nitrogens with one attached hydrogen (secondary N) is 4. The van der Waals surface area contributed by atoms with E-state index in [1.807, 2.05) is 6.07 Å². The second-order valence-electron chi connectivity index (χ2n) is 8.33. The Morgan fingerprint density at radius 3 is 2.55 bits per heavy atom. The van der Waals surface area contributed by atoms with E-state index in [2.05, 4.69) is 16.0 Å². The van der Waals surface area contributed by atoms with Gasteiger partial charge in [0, 0.05) is 12.1 Å². The summed E-state index contributed by atoms with van der Waals surface area (Å²) in [6.07, 6.45) is 1.29. The average Bonchev–Trinajstić information content (AvgIpc) is 3.26. The Hall–Kier alpha value is -3.72. The summed E-state index contributed by atoms with van der Waals surface area (Å²) in [5.74, 6) is -1.30. The number of nitrogen functional groups attached to an aromatic ring is 1. The average molecular weight is 452 g/mol. The van der Waals surface area contributed by atoms with Gasteiger partial charge in [-0.1, -0.05) is 36.4 Å². The molecule has 1 aliphatic heterocycles. The first-order valence-electron chi connectivity index (χ1n) is 10.8. The highest BCUT2D eigenvalue weighted by Crippen LogP contribution is 2.20. The molecule has 9 nitrogen and oxygen atoms in total. The van der Waals surface area contributed by atoms with Gasteiger partial charge in [-0.2, -0.15) is 0 Å². The van der Waals surface area contributed by atoms with Gasteiger partial charge in [-0.15, -0.1) is 0 Å². The second kappa shape index (κ2) is 10.7. The molecular weight excluding hydrogens is 422 g/mol. The number of amidine groups is 1. The van der Waals surface area contributed by atoms with Gasteiger partial charge in [-0.3, -0.25) is 15.0 Å². The number of carbonyl (C=O) groups is 3. The number of carboxylic acid groups (broad SMARTS) is 1. The van der Waals surface area contributed by atoms with Gasteiger partial charge in [0.05, 0.1) is 11.6 Å². The maximum atomic E-state index is 12.6. The van der Waals surface area contributed by atoms with E-state index in [-0.39, 0.29) is 29.1 Å². The molecular formula is C24H29N5O4. The molecule has 33 heavy (non-hydrogen) atoms. The maximum Gasteiger partial charge on any atom is 0.335 e. The van der Waals surface area contributed by atoms with Crippen molar-refractivity contribution < 1.29 is 19.5 Å². The highest BCUT2D eigenvalue weighted by atomic mass is 16.4. The predicted molar refractivity (Wildman–Crippen MR) is 124 cm³/mol. The van der Waals surface area contributed by atoms with Crippen LogP contribution in [0.3, 0.4) is 0 Å². The van der Waals surface area contributed by atoms with Crippen LogP contribution in [0.2, 0.25) is 0 Å². The van der Waals surface area contributed by atoms with Gasteiger partial charge in [-0.25, -0.2) is 4.79 Å². The van der Waals surface area contributed by atoms with Crippen LogP contribution < -0.4 is 21.7 Å². The smallest absolute Gasteiger partial charge is 0.335 e. The Labute approximate surface area is 192 Å². The van der Waals surface area contributed by atoms with Crippen molar-refractivity contribution in [2.24, 2.45) is 11.7 Å². The Kier molecular flexibility index (Phi) is 7.78. The monoisotopic (exact) mass is 451 g/mol. The number of hydrogen-bond donors (Lipinski definition) is 6. The van der Waals surface area contributed by atoms with Gasteiger partial charge in [0.15, 0.2) is 0 Å². The Morgan fingerprint density at radius 1 is 1.15 bits per heavy atom. The standard InChI is InChI=1S/C24H29N5O4/c1-14(22(30)28-12-15-5-7-18(8-6-15)21(25)26)29-23(31)20-11-17(13-27-20)9-16-3-2-4-19(10-16)24(32)33/h2-8,10,14,17,20,27H,9,11-13H2,1H3,(H3,25,26)(H,28,30)(H,29,31)(H,32,33)/t14-,17-,20+/m0/s1. The van der Waals surface area contributed by atoms with Crippen molar-refractivity contribution >= 4 is 23.6 Å². The summed E-state index contributed by atoms with van der Waals surface area (Å²) in [5, 5.41) is 25.3. The van der Waals surface area contributed by atoms with Crippen LogP contribution in [-0.4, -0.2) is 47.4 Å². The van der Waals surface area contributed by atoms with Gasteiger partial charge < -0.3 is 26.8 Å². The van der Waals surface area contributed by atoms with E-state index in [0.717, 1.165) is 11.1 Å². The fourth-order valence-electron chi connectivity index (χ4n) is 3.85. The molecule has 1 aliphatic rings. The third kappa shape index (κ3) is 6.63. The lowest BCUT2D eigenvalue weighted by Gasteiger charge is -2.17. The number of carbonyl (C=O) groups excluding carboxylic acids is 2. The number of rotatable bonds is 9. The van der Waals surface area contributed by atoms with Crippen LogP contribution in [0.1, 0.15) is 40.4 Å². The van der Waals surface area contributed by atoms with E-state index in [9.17, 15) is 14.4 Å². The Bertz CT molecular complexity index is 1040. The highest BCUT2D eigenvalue weighted by Gasteiger charge is 2.31. The molecule has 0 radical (unpaired) electrons. The molecule has 9 heteroatoms. The third-order valence-corrected chi connectivity index (χ3v) is 5.72. The first-order valence-corrected chi connectivity index (χ1v) is 10.8. The SMILES string of the molecule is C[C@H](NC(=O)[C@H]1C[C@H](Cc2cccc(C(=O)O)c2)CN1)C(=O)NCc1ccc(C(=N)N)cc1. The molecule has 0 aliphatic carbocycles. The summed E-state index contributed by atoms with van der Waals surface area (Å²) in [5.41, 5.74) is 8.08. The largest absolute Gasteiger partial charge is 0.478 e. The summed E-state index contributed by atoms with van der Waals surface area (Å²) < 4.78 is 0. The summed E-state index contributed by atoms with van der Waals surface area (Å²) in [7, 11) is 0. The highest BCUT2D eigenvalue weighted by molar-refractivity contribution is 5.95. The van der Waals surface area contributed by atoms with Crippen molar-refractivity contribution in [2.75, 3.05) is 6.54 Å². The zero-order chi connectivity index (χ0) is 24.0. The molecule has 2 aromatic rings. The number of carboxylic acids is 1. The zero-order valence-electron chi connectivity index (χ0n) is 18.4. The summed E-state index contributed by atoms with van der Waals surface area (Å²) in [4.78, 5) is 36.1. The summed E-state index contributed by atoms with van der Waals surface area (Å²) in [6, 6.07) is 12.8. The summed E-state index contributed by atoms with van der Waals surface area (Å²) in [6.45, 7) is 2.58. The van der Waals surface area contributed by atoms with Crippen LogP contribution in [0.5, 0.6) is 0 Å². The van der Waals surface area contributed by atoms with Crippen LogP contribution >= 0.6 is 0 Å². The van der Waals surface area contributed by atoms with Crippen molar-refractivity contribution in [1.29, 1.82) is 5.41 Å². The topological polar surface area (TPSA) is 157 Å². The fraction of sp³-hybridized carbons (Fsp3) is 0.333. The molecule has 7 N–H and O–H groups in total. The molecule has 174 valence electrons. The van der Waals surface area contributed by atoms with E-state index in [4.69, 9.17) is 16.2 Å². The second-order valence-corrected chi connectivity index (χ2v) is 8.33. The number of aromatic carboxylic acids is 1. The van der Waals surface area contributed by atoms with Crippen molar-refractivity contribution in [3.63, 3.8) is 0 Å². The first kappa shape index (κ1) is 23.9. The van der Waals surface area contributed by atoms with Crippen LogP contribution in [-0.2, 0) is 22.6 Å². The summed E-state index contributed by atoms with van der Waals surface area (Å²) >= 11 is 0. The Balaban J connectivity index is 1.44. The molecule has 0 unspecified atom stereocenters. The van der Waals surface area contributed by atoms with Crippen molar-refractivity contribution in [1.82, 2.24) is 16.0 Å². The Morgan fingerprint density at radius 2 is 1.88 bits per heavy atom. The van der Waals surface area contributed by atoms with Crippen molar-refractivity contribution in [3.05, 3.63) is 70.8 Å². The van der Waals surface area contributed by atoms with Crippen LogP contribution in [0.25, 0.3) is 0 Å². The van der Waals surface area contributed by atoms with Gasteiger partial charge in [0.2, 0.25) is 11.8 Å². The van der Waals surface area contributed by atoms with Crippen LogP contribution in [0, 0.1) is 11.3 Å². The van der Waals surface area contributed by atoms with E-state index < -0.39 is 18.1 Å².